The molecule has 0 bridgehead atoms. The summed E-state index contributed by atoms with van der Waals surface area (Å²) < 4.78 is 27.6. The van der Waals surface area contributed by atoms with Gasteiger partial charge in [0.2, 0.25) is 11.9 Å². The lowest BCUT2D eigenvalue weighted by atomic mass is 10.1. The van der Waals surface area contributed by atoms with E-state index in [4.69, 9.17) is 4.98 Å². The maximum absolute atomic E-state index is 12.7. The van der Waals surface area contributed by atoms with Crippen molar-refractivity contribution in [2.45, 2.75) is 17.0 Å². The molecule has 1 amide bonds. The number of aryl methyl sites for hydroxylation is 1. The highest BCUT2D eigenvalue weighted by molar-refractivity contribution is 7.99. The standard InChI is InChI=1S/C28H24N6O3S2/c1-19-16-17-29-27(30-19)34-39(36,37)23-14-12-22(13-15-23)31-24(35)18-38-28-32-25(20-8-4-2-5-9-20)26(33-28)21-10-6-3-7-11-21/h2-17H,18H2,1H3,(H,31,35)(H,32,33)(H,29,30,34). The average Bonchev–Trinajstić information content (AvgIpc) is 3.37. The molecule has 0 aliphatic rings. The maximum atomic E-state index is 12.7. The third-order valence-corrected chi connectivity index (χ3v) is 7.82. The predicted octanol–water partition coefficient (Wildman–Crippen LogP) is 5.37. The second-order valence-electron chi connectivity index (χ2n) is 8.49. The van der Waals surface area contributed by atoms with Crippen molar-refractivity contribution >= 4 is 39.3 Å². The highest BCUT2D eigenvalue weighted by Crippen LogP contribution is 2.32. The molecule has 0 fully saturated rings. The van der Waals surface area contributed by atoms with Gasteiger partial charge in [-0.2, -0.15) is 0 Å². The molecule has 0 spiro atoms. The molecule has 5 aromatic rings. The highest BCUT2D eigenvalue weighted by atomic mass is 32.2. The fraction of sp³-hybridized carbons (Fsp3) is 0.0714. The number of hydrogen-bond donors (Lipinski definition) is 3. The van der Waals surface area contributed by atoms with Crippen LogP contribution in [0, 0.1) is 6.92 Å². The van der Waals surface area contributed by atoms with E-state index < -0.39 is 10.0 Å². The molecule has 0 aliphatic heterocycles. The first-order valence-corrected chi connectivity index (χ1v) is 14.4. The molecule has 2 aromatic heterocycles. The Labute approximate surface area is 230 Å². The largest absolute Gasteiger partial charge is 0.332 e. The van der Waals surface area contributed by atoms with Crippen LogP contribution in [0.4, 0.5) is 11.6 Å². The number of carbonyl (C=O) groups excluding carboxylic acids is 1. The summed E-state index contributed by atoms with van der Waals surface area (Å²) in [6, 6.07) is 27.3. The Morgan fingerprint density at radius 2 is 1.54 bits per heavy atom. The molecule has 0 saturated carbocycles. The minimum atomic E-state index is -3.87. The molecule has 11 heteroatoms. The summed E-state index contributed by atoms with van der Waals surface area (Å²) in [5.41, 5.74) is 4.78. The van der Waals surface area contributed by atoms with Gasteiger partial charge in [0, 0.05) is 28.7 Å². The number of hydrogen-bond acceptors (Lipinski definition) is 7. The molecule has 196 valence electrons. The monoisotopic (exact) mass is 556 g/mol. The molecule has 0 saturated heterocycles. The number of amides is 1. The lowest BCUT2D eigenvalue weighted by molar-refractivity contribution is -0.113. The number of sulfonamides is 1. The first-order chi connectivity index (χ1) is 18.9. The number of H-pyrrole nitrogens is 1. The molecule has 3 aromatic carbocycles. The molecule has 9 nitrogen and oxygen atoms in total. The zero-order chi connectivity index (χ0) is 27.2. The maximum Gasteiger partial charge on any atom is 0.264 e. The molecule has 39 heavy (non-hydrogen) atoms. The van der Waals surface area contributed by atoms with Gasteiger partial charge < -0.3 is 10.3 Å². The SMILES string of the molecule is Cc1ccnc(NS(=O)(=O)c2ccc(NC(=O)CSc3nc(-c4ccccc4)c(-c4ccccc4)[nH]3)cc2)n1. The number of nitrogens with zero attached hydrogens (tertiary/aromatic N) is 3. The quantitative estimate of drug-likeness (QED) is 0.208. The van der Waals surface area contributed by atoms with Gasteiger partial charge in [0.15, 0.2) is 5.16 Å². The van der Waals surface area contributed by atoms with Gasteiger partial charge >= 0.3 is 0 Å². The van der Waals surface area contributed by atoms with E-state index in [2.05, 4.69) is 25.0 Å². The summed E-state index contributed by atoms with van der Waals surface area (Å²) in [4.78, 5) is 28.8. The molecule has 0 unspecified atom stereocenters. The second kappa shape index (κ2) is 11.5. The van der Waals surface area contributed by atoms with E-state index in [1.54, 1.807) is 13.0 Å². The Bertz CT molecular complexity index is 1630. The fourth-order valence-corrected chi connectivity index (χ4v) is 5.39. The first kappa shape index (κ1) is 26.1. The summed E-state index contributed by atoms with van der Waals surface area (Å²) in [6.07, 6.45) is 1.48. The van der Waals surface area contributed by atoms with E-state index in [-0.39, 0.29) is 22.5 Å². The van der Waals surface area contributed by atoms with Gasteiger partial charge in [0.1, 0.15) is 0 Å². The molecular formula is C28H24N6O3S2. The zero-order valence-electron chi connectivity index (χ0n) is 20.8. The topological polar surface area (TPSA) is 130 Å². The molecule has 2 heterocycles. The number of aromatic amines is 1. The normalized spacial score (nSPS) is 11.2. The lowest BCUT2D eigenvalue weighted by Crippen LogP contribution is -2.16. The number of imidazole rings is 1. The molecule has 5 rings (SSSR count). The van der Waals surface area contributed by atoms with Gasteiger partial charge in [-0.15, -0.1) is 0 Å². The zero-order valence-corrected chi connectivity index (χ0v) is 22.5. The Kier molecular flexibility index (Phi) is 7.71. The summed E-state index contributed by atoms with van der Waals surface area (Å²) >= 11 is 1.28. The Morgan fingerprint density at radius 3 is 2.21 bits per heavy atom. The van der Waals surface area contributed by atoms with Crippen LogP contribution in [0.5, 0.6) is 0 Å². The third kappa shape index (κ3) is 6.51. The van der Waals surface area contributed by atoms with E-state index in [1.807, 2.05) is 60.7 Å². The fourth-order valence-electron chi connectivity index (χ4n) is 3.76. The van der Waals surface area contributed by atoms with Crippen LogP contribution in [0.15, 0.2) is 107 Å². The molecule has 0 atom stereocenters. The Balaban J connectivity index is 1.24. The van der Waals surface area contributed by atoms with Crippen LogP contribution in [-0.4, -0.2) is 40.0 Å². The molecule has 3 N–H and O–H groups in total. The number of carbonyl (C=O) groups is 1. The van der Waals surface area contributed by atoms with Crippen LogP contribution in [0.25, 0.3) is 22.5 Å². The van der Waals surface area contributed by atoms with Gasteiger partial charge in [-0.05, 0) is 37.3 Å². The van der Waals surface area contributed by atoms with Gasteiger partial charge in [0.25, 0.3) is 10.0 Å². The van der Waals surface area contributed by atoms with Crippen molar-refractivity contribution in [2.75, 3.05) is 15.8 Å². The number of rotatable bonds is 9. The minimum absolute atomic E-state index is 0.00632. The number of anilines is 2. The first-order valence-electron chi connectivity index (χ1n) is 11.9. The summed E-state index contributed by atoms with van der Waals surface area (Å²) in [5.74, 6) is -0.142. The van der Waals surface area contributed by atoms with E-state index in [0.29, 0.717) is 16.5 Å². The lowest BCUT2D eigenvalue weighted by Gasteiger charge is -2.08. The van der Waals surface area contributed by atoms with Gasteiger partial charge in [-0.25, -0.2) is 28.1 Å². The van der Waals surface area contributed by atoms with Crippen molar-refractivity contribution in [3.8, 4) is 22.5 Å². The number of aromatic nitrogens is 4. The number of nitrogens with one attached hydrogen (secondary N) is 3. The average molecular weight is 557 g/mol. The van der Waals surface area contributed by atoms with Crippen LogP contribution in [-0.2, 0) is 14.8 Å². The van der Waals surface area contributed by atoms with Crippen LogP contribution in [0.3, 0.4) is 0 Å². The van der Waals surface area contributed by atoms with Crippen LogP contribution in [0.1, 0.15) is 5.69 Å². The van der Waals surface area contributed by atoms with Crippen molar-refractivity contribution in [3.63, 3.8) is 0 Å². The molecule has 0 aliphatic carbocycles. The van der Waals surface area contributed by atoms with Crippen molar-refractivity contribution in [1.82, 2.24) is 19.9 Å². The van der Waals surface area contributed by atoms with E-state index >= 15 is 0 Å². The summed E-state index contributed by atoms with van der Waals surface area (Å²) in [5, 5.41) is 3.41. The van der Waals surface area contributed by atoms with Crippen molar-refractivity contribution in [1.29, 1.82) is 0 Å². The summed E-state index contributed by atoms with van der Waals surface area (Å²) in [6.45, 7) is 1.74. The Hall–Kier alpha value is -4.48. The van der Waals surface area contributed by atoms with Crippen molar-refractivity contribution in [2.24, 2.45) is 0 Å². The highest BCUT2D eigenvalue weighted by Gasteiger charge is 2.17. The smallest absolute Gasteiger partial charge is 0.264 e. The van der Waals surface area contributed by atoms with Crippen LogP contribution >= 0.6 is 11.8 Å². The van der Waals surface area contributed by atoms with Crippen molar-refractivity contribution < 1.29 is 13.2 Å². The van der Waals surface area contributed by atoms with Gasteiger partial charge in [-0.1, -0.05) is 72.4 Å². The second-order valence-corrected chi connectivity index (χ2v) is 11.1. The Morgan fingerprint density at radius 1 is 0.872 bits per heavy atom. The van der Waals surface area contributed by atoms with Gasteiger partial charge in [-0.3, -0.25) is 4.79 Å². The van der Waals surface area contributed by atoms with Crippen LogP contribution in [0.2, 0.25) is 0 Å². The van der Waals surface area contributed by atoms with Gasteiger partial charge in [0.05, 0.1) is 22.0 Å². The van der Waals surface area contributed by atoms with E-state index in [9.17, 15) is 13.2 Å². The summed E-state index contributed by atoms with van der Waals surface area (Å²) in [7, 11) is -3.87. The number of benzene rings is 3. The molecular weight excluding hydrogens is 532 g/mol. The van der Waals surface area contributed by atoms with E-state index in [1.165, 1.54) is 42.2 Å². The number of thioether (sulfide) groups is 1. The molecule has 0 radical (unpaired) electrons. The minimum Gasteiger partial charge on any atom is -0.332 e. The van der Waals surface area contributed by atoms with Crippen LogP contribution < -0.4 is 10.0 Å². The van der Waals surface area contributed by atoms with E-state index in [0.717, 1.165) is 22.5 Å². The van der Waals surface area contributed by atoms with Crippen molar-refractivity contribution in [3.05, 3.63) is 103 Å². The third-order valence-electron chi connectivity index (χ3n) is 5.60. The predicted molar refractivity (Wildman–Crippen MR) is 153 cm³/mol.